The lowest BCUT2D eigenvalue weighted by atomic mass is 10.1. The van der Waals surface area contributed by atoms with Gasteiger partial charge in [0.05, 0.1) is 11.9 Å². The molecule has 1 N–H and O–H groups in total. The van der Waals surface area contributed by atoms with Gasteiger partial charge in [-0.2, -0.15) is 0 Å². The fraction of sp³-hybridized carbons (Fsp3) is 0.417. The van der Waals surface area contributed by atoms with Crippen molar-refractivity contribution in [1.82, 2.24) is 10.2 Å². The molecule has 174 valence electrons. The third-order valence-electron chi connectivity index (χ3n) is 5.19. The second-order valence-electron chi connectivity index (χ2n) is 7.93. The summed E-state index contributed by atoms with van der Waals surface area (Å²) in [7, 11) is -3.70. The number of carbonyl (C=O) groups is 2. The first kappa shape index (κ1) is 25.4. The molecule has 0 saturated heterocycles. The molecule has 0 aromatic heterocycles. The van der Waals surface area contributed by atoms with E-state index in [-0.39, 0.29) is 19.0 Å². The maximum atomic E-state index is 13.4. The number of nitrogens with one attached hydrogen (secondary N) is 1. The second-order valence-corrected chi connectivity index (χ2v) is 9.84. The van der Waals surface area contributed by atoms with Crippen LogP contribution in [-0.2, 0) is 26.2 Å². The zero-order valence-electron chi connectivity index (χ0n) is 19.2. The van der Waals surface area contributed by atoms with Crippen molar-refractivity contribution in [3.05, 3.63) is 65.7 Å². The Morgan fingerprint density at radius 2 is 1.66 bits per heavy atom. The number of amides is 2. The molecule has 0 spiro atoms. The van der Waals surface area contributed by atoms with Crippen LogP contribution >= 0.6 is 0 Å². The topological polar surface area (TPSA) is 86.8 Å². The molecule has 1 atom stereocenters. The summed E-state index contributed by atoms with van der Waals surface area (Å²) in [5.41, 5.74) is 2.35. The highest BCUT2D eigenvalue weighted by Gasteiger charge is 2.29. The third-order valence-corrected chi connectivity index (χ3v) is 6.33. The Morgan fingerprint density at radius 1 is 1.03 bits per heavy atom. The first-order valence-electron chi connectivity index (χ1n) is 10.8. The number of hydrogen-bond acceptors (Lipinski definition) is 4. The highest BCUT2D eigenvalue weighted by Crippen LogP contribution is 2.18. The van der Waals surface area contributed by atoms with Gasteiger partial charge in [-0.15, -0.1) is 0 Å². The summed E-state index contributed by atoms with van der Waals surface area (Å²) in [6.07, 6.45) is 2.86. The van der Waals surface area contributed by atoms with Gasteiger partial charge in [0.25, 0.3) is 0 Å². The lowest BCUT2D eigenvalue weighted by molar-refractivity contribution is -0.139. The van der Waals surface area contributed by atoms with E-state index in [4.69, 9.17) is 0 Å². The lowest BCUT2D eigenvalue weighted by Gasteiger charge is -2.31. The summed E-state index contributed by atoms with van der Waals surface area (Å²) in [6.45, 7) is 6.02. The van der Waals surface area contributed by atoms with Gasteiger partial charge >= 0.3 is 0 Å². The zero-order valence-corrected chi connectivity index (χ0v) is 20.1. The number of nitrogens with zero attached hydrogens (tertiary/aromatic N) is 2. The average molecular weight is 460 g/mol. The molecule has 7 nitrogen and oxygen atoms in total. The molecule has 0 heterocycles. The van der Waals surface area contributed by atoms with Crippen molar-refractivity contribution in [2.45, 2.75) is 46.2 Å². The van der Waals surface area contributed by atoms with Crippen LogP contribution in [0.3, 0.4) is 0 Å². The number of sulfonamides is 1. The number of para-hydroxylation sites is 1. The van der Waals surface area contributed by atoms with Gasteiger partial charge in [-0.1, -0.05) is 61.4 Å². The molecule has 2 aromatic carbocycles. The number of anilines is 1. The number of hydrogen-bond donors (Lipinski definition) is 1. The fourth-order valence-electron chi connectivity index (χ4n) is 3.22. The molecular formula is C24H33N3O4S. The number of unbranched alkanes of at least 4 members (excludes halogenated alkanes) is 1. The molecule has 0 bridgehead atoms. The van der Waals surface area contributed by atoms with Crippen molar-refractivity contribution in [3.8, 4) is 0 Å². The van der Waals surface area contributed by atoms with E-state index in [0.29, 0.717) is 12.2 Å². The minimum absolute atomic E-state index is 0.202. The standard InChI is InChI=1S/C24H33N3O4S/c1-5-6-16-25-24(29)20(3)26(17-21-14-12-19(2)13-15-21)23(28)18-27(32(4,30)31)22-10-8-7-9-11-22/h7-15,20H,5-6,16-18H2,1-4H3,(H,25,29)/t20-/m0/s1. The maximum Gasteiger partial charge on any atom is 0.244 e. The van der Waals surface area contributed by atoms with E-state index in [9.17, 15) is 18.0 Å². The fourth-order valence-corrected chi connectivity index (χ4v) is 4.07. The smallest absolute Gasteiger partial charge is 0.244 e. The Hall–Kier alpha value is -2.87. The van der Waals surface area contributed by atoms with Crippen LogP contribution in [0.25, 0.3) is 0 Å². The number of aryl methyl sites for hydroxylation is 1. The molecule has 2 aromatic rings. The number of carbonyl (C=O) groups excluding carboxylic acids is 2. The van der Waals surface area contributed by atoms with Gasteiger partial charge < -0.3 is 10.2 Å². The van der Waals surface area contributed by atoms with Crippen LogP contribution in [0.2, 0.25) is 0 Å². The van der Waals surface area contributed by atoms with Crippen LogP contribution in [0.5, 0.6) is 0 Å². The Labute approximate surface area is 191 Å². The molecule has 8 heteroatoms. The van der Waals surface area contributed by atoms with E-state index < -0.39 is 22.0 Å². The molecule has 0 aliphatic carbocycles. The zero-order chi connectivity index (χ0) is 23.7. The molecule has 32 heavy (non-hydrogen) atoms. The molecular weight excluding hydrogens is 426 g/mol. The average Bonchev–Trinajstić information content (AvgIpc) is 2.76. The van der Waals surface area contributed by atoms with E-state index in [1.807, 2.05) is 38.1 Å². The van der Waals surface area contributed by atoms with Crippen molar-refractivity contribution in [3.63, 3.8) is 0 Å². The Bertz CT molecular complexity index is 992. The monoisotopic (exact) mass is 459 g/mol. The molecule has 2 rings (SSSR count). The summed E-state index contributed by atoms with van der Waals surface area (Å²) in [5.74, 6) is -0.706. The Morgan fingerprint density at radius 3 is 2.22 bits per heavy atom. The van der Waals surface area contributed by atoms with Crippen molar-refractivity contribution in [2.75, 3.05) is 23.7 Å². The SMILES string of the molecule is CCCCNC(=O)[C@H](C)N(Cc1ccc(C)cc1)C(=O)CN(c1ccccc1)S(C)(=O)=O. The molecule has 0 saturated carbocycles. The van der Waals surface area contributed by atoms with Gasteiger partial charge in [-0.25, -0.2) is 8.42 Å². The predicted octanol–water partition coefficient (Wildman–Crippen LogP) is 3.09. The summed E-state index contributed by atoms with van der Waals surface area (Å²) in [5, 5.41) is 2.86. The summed E-state index contributed by atoms with van der Waals surface area (Å²) in [6, 6.07) is 15.4. The van der Waals surface area contributed by atoms with Gasteiger partial charge in [-0.3, -0.25) is 13.9 Å². The van der Waals surface area contributed by atoms with Gasteiger partial charge in [-0.05, 0) is 38.0 Å². The van der Waals surface area contributed by atoms with Crippen molar-refractivity contribution in [2.24, 2.45) is 0 Å². The van der Waals surface area contributed by atoms with Crippen LogP contribution in [-0.4, -0.2) is 50.5 Å². The minimum Gasteiger partial charge on any atom is -0.354 e. The van der Waals surface area contributed by atoms with Crippen LogP contribution in [0.15, 0.2) is 54.6 Å². The normalized spacial score (nSPS) is 12.1. The van der Waals surface area contributed by atoms with E-state index in [1.165, 1.54) is 4.90 Å². The van der Waals surface area contributed by atoms with E-state index in [1.54, 1.807) is 37.3 Å². The van der Waals surface area contributed by atoms with Crippen molar-refractivity contribution >= 4 is 27.5 Å². The van der Waals surface area contributed by atoms with E-state index in [0.717, 1.165) is 34.5 Å². The predicted molar refractivity (Wildman–Crippen MR) is 128 cm³/mol. The largest absolute Gasteiger partial charge is 0.354 e. The second kappa shape index (κ2) is 11.7. The maximum absolute atomic E-state index is 13.4. The van der Waals surface area contributed by atoms with E-state index >= 15 is 0 Å². The van der Waals surface area contributed by atoms with Crippen LogP contribution in [0.4, 0.5) is 5.69 Å². The number of benzene rings is 2. The van der Waals surface area contributed by atoms with Crippen LogP contribution in [0, 0.1) is 6.92 Å². The van der Waals surface area contributed by atoms with Gasteiger partial charge in [0.1, 0.15) is 12.6 Å². The molecule has 2 amide bonds. The first-order chi connectivity index (χ1) is 15.1. The highest BCUT2D eigenvalue weighted by molar-refractivity contribution is 7.92. The molecule has 0 fully saturated rings. The van der Waals surface area contributed by atoms with Crippen LogP contribution in [0.1, 0.15) is 37.8 Å². The molecule has 0 unspecified atom stereocenters. The quantitative estimate of drug-likeness (QED) is 0.523. The summed E-state index contributed by atoms with van der Waals surface area (Å²) >= 11 is 0. The van der Waals surface area contributed by atoms with Crippen LogP contribution < -0.4 is 9.62 Å². The molecule has 0 aliphatic heterocycles. The van der Waals surface area contributed by atoms with Gasteiger partial charge in [0, 0.05) is 13.1 Å². The van der Waals surface area contributed by atoms with Gasteiger partial charge in [0.2, 0.25) is 21.8 Å². The molecule has 0 radical (unpaired) electrons. The van der Waals surface area contributed by atoms with E-state index in [2.05, 4.69) is 5.32 Å². The highest BCUT2D eigenvalue weighted by atomic mass is 32.2. The Balaban J connectivity index is 2.30. The first-order valence-corrected chi connectivity index (χ1v) is 12.6. The summed E-state index contributed by atoms with van der Waals surface area (Å²) in [4.78, 5) is 27.5. The van der Waals surface area contributed by atoms with Gasteiger partial charge in [0.15, 0.2) is 0 Å². The summed E-state index contributed by atoms with van der Waals surface area (Å²) < 4.78 is 25.9. The Kier molecular flexibility index (Phi) is 9.26. The number of rotatable bonds is 11. The minimum atomic E-state index is -3.70. The molecule has 0 aliphatic rings. The lowest BCUT2D eigenvalue weighted by Crippen LogP contribution is -2.51. The van der Waals surface area contributed by atoms with Crippen molar-refractivity contribution < 1.29 is 18.0 Å². The third kappa shape index (κ3) is 7.37. The van der Waals surface area contributed by atoms with Crippen molar-refractivity contribution in [1.29, 1.82) is 0 Å².